The largest absolute Gasteiger partial charge is 0.419 e. The minimum Gasteiger partial charge on any atom is -0.419 e. The first-order valence-corrected chi connectivity index (χ1v) is 10.8. The third kappa shape index (κ3) is 3.81. The lowest BCUT2D eigenvalue weighted by molar-refractivity contribution is 0.120. The number of rotatable bonds is 6. The molecule has 1 saturated heterocycles. The molecule has 0 aliphatic carbocycles. The highest BCUT2D eigenvalue weighted by atomic mass is 32.2. The van der Waals surface area contributed by atoms with Gasteiger partial charge in [0.1, 0.15) is 0 Å². The van der Waals surface area contributed by atoms with E-state index in [1.807, 2.05) is 37.3 Å². The minimum atomic E-state index is -3.83. The van der Waals surface area contributed by atoms with Crippen LogP contribution in [0.25, 0.3) is 11.5 Å². The Morgan fingerprint density at radius 1 is 1.11 bits per heavy atom. The van der Waals surface area contributed by atoms with Crippen LogP contribution in [0.15, 0.2) is 68.9 Å². The van der Waals surface area contributed by atoms with Crippen LogP contribution in [0, 0.1) is 6.92 Å². The first-order valence-electron chi connectivity index (χ1n) is 9.27. The molecule has 6 nitrogen and oxygen atoms in total. The second-order valence-corrected chi connectivity index (χ2v) is 8.72. The van der Waals surface area contributed by atoms with Crippen molar-refractivity contribution in [3.05, 3.63) is 60.2 Å². The molecule has 1 N–H and O–H groups in total. The van der Waals surface area contributed by atoms with E-state index in [4.69, 9.17) is 9.15 Å². The summed E-state index contributed by atoms with van der Waals surface area (Å²) in [5.74, 6) is 0.413. The first-order chi connectivity index (χ1) is 13.5. The van der Waals surface area contributed by atoms with Crippen molar-refractivity contribution in [2.75, 3.05) is 18.5 Å². The molecule has 2 aromatic carbocycles. The second-order valence-electron chi connectivity index (χ2n) is 6.85. The average Bonchev–Trinajstić information content (AvgIpc) is 3.37. The van der Waals surface area contributed by atoms with Gasteiger partial charge in [-0.1, -0.05) is 35.9 Å². The minimum absolute atomic E-state index is 0.0419. The van der Waals surface area contributed by atoms with Crippen molar-refractivity contribution in [2.45, 2.75) is 35.8 Å². The SMILES string of the molecule is Cc1ccc(S(=O)(=O)c2nc(-c3ccccc3)oc2NC[C@H]2CCCO2)cc1. The smallest absolute Gasteiger partial charge is 0.233 e. The zero-order valence-corrected chi connectivity index (χ0v) is 16.4. The molecule has 1 aliphatic rings. The molecule has 7 heteroatoms. The Hall–Kier alpha value is -2.64. The predicted octanol–water partition coefficient (Wildman–Crippen LogP) is 4.07. The number of nitrogens with zero attached hydrogens (tertiary/aromatic N) is 1. The van der Waals surface area contributed by atoms with Gasteiger partial charge in [0.15, 0.2) is 0 Å². The van der Waals surface area contributed by atoms with Crippen molar-refractivity contribution < 1.29 is 17.6 Å². The molecule has 0 saturated carbocycles. The summed E-state index contributed by atoms with van der Waals surface area (Å²) < 4.78 is 37.9. The van der Waals surface area contributed by atoms with Gasteiger partial charge in [-0.05, 0) is 44.0 Å². The third-order valence-corrected chi connectivity index (χ3v) is 6.40. The van der Waals surface area contributed by atoms with Crippen LogP contribution in [0.3, 0.4) is 0 Å². The van der Waals surface area contributed by atoms with Gasteiger partial charge >= 0.3 is 0 Å². The Morgan fingerprint density at radius 3 is 2.54 bits per heavy atom. The van der Waals surface area contributed by atoms with Gasteiger partial charge in [0, 0.05) is 18.7 Å². The van der Waals surface area contributed by atoms with Crippen molar-refractivity contribution >= 4 is 15.7 Å². The Balaban J connectivity index is 1.72. The molecule has 0 spiro atoms. The summed E-state index contributed by atoms with van der Waals surface area (Å²) in [7, 11) is -3.83. The van der Waals surface area contributed by atoms with Crippen molar-refractivity contribution in [1.82, 2.24) is 4.98 Å². The molecule has 1 aliphatic heterocycles. The van der Waals surface area contributed by atoms with Crippen LogP contribution in [-0.4, -0.2) is 32.7 Å². The van der Waals surface area contributed by atoms with Crippen LogP contribution in [0.5, 0.6) is 0 Å². The number of anilines is 1. The van der Waals surface area contributed by atoms with Crippen molar-refractivity contribution in [3.8, 4) is 11.5 Å². The number of sulfone groups is 1. The highest BCUT2D eigenvalue weighted by Crippen LogP contribution is 2.32. The monoisotopic (exact) mass is 398 g/mol. The normalized spacial score (nSPS) is 17.0. The van der Waals surface area contributed by atoms with Crippen molar-refractivity contribution in [2.24, 2.45) is 0 Å². The molecule has 4 rings (SSSR count). The van der Waals surface area contributed by atoms with E-state index < -0.39 is 9.84 Å². The molecule has 1 atom stereocenters. The zero-order chi connectivity index (χ0) is 19.6. The predicted molar refractivity (Wildman–Crippen MR) is 106 cm³/mol. The third-order valence-electron chi connectivity index (χ3n) is 4.72. The van der Waals surface area contributed by atoms with Gasteiger partial charge < -0.3 is 14.5 Å². The number of benzene rings is 2. The van der Waals surface area contributed by atoms with Crippen LogP contribution in [0.4, 0.5) is 5.88 Å². The van der Waals surface area contributed by atoms with Gasteiger partial charge in [-0.2, -0.15) is 4.98 Å². The summed E-state index contributed by atoms with van der Waals surface area (Å²) in [6, 6.07) is 16.0. The summed E-state index contributed by atoms with van der Waals surface area (Å²) in [6.45, 7) is 3.11. The lowest BCUT2D eigenvalue weighted by Gasteiger charge is -2.10. The first kappa shape index (κ1) is 18.7. The molecule has 0 unspecified atom stereocenters. The Bertz CT molecular complexity index is 1040. The number of aryl methyl sites for hydroxylation is 1. The number of oxazole rings is 1. The standard InChI is InChI=1S/C21H22N2O4S/c1-15-9-11-18(12-10-15)28(24,25)21-20(22-14-17-8-5-13-26-17)27-19(23-21)16-6-3-2-4-7-16/h2-4,6-7,9-12,17,22H,5,8,13-14H2,1H3/t17-/m1/s1. The molecule has 0 bridgehead atoms. The molecule has 28 heavy (non-hydrogen) atoms. The average molecular weight is 398 g/mol. The van der Waals surface area contributed by atoms with Gasteiger partial charge in [-0.25, -0.2) is 8.42 Å². The van der Waals surface area contributed by atoms with E-state index in [-0.39, 0.29) is 27.8 Å². The molecule has 2 heterocycles. The zero-order valence-electron chi connectivity index (χ0n) is 15.6. The maximum absolute atomic E-state index is 13.2. The van der Waals surface area contributed by atoms with E-state index >= 15 is 0 Å². The highest BCUT2D eigenvalue weighted by molar-refractivity contribution is 7.91. The fourth-order valence-corrected chi connectivity index (χ4v) is 4.42. The van der Waals surface area contributed by atoms with Crippen molar-refractivity contribution in [3.63, 3.8) is 0 Å². The molecule has 0 radical (unpaired) electrons. The number of hydrogen-bond acceptors (Lipinski definition) is 6. The van der Waals surface area contributed by atoms with E-state index in [0.717, 1.165) is 25.0 Å². The van der Waals surface area contributed by atoms with Gasteiger partial charge in [0.05, 0.1) is 11.0 Å². The van der Waals surface area contributed by atoms with Gasteiger partial charge in [0.25, 0.3) is 0 Å². The molecular weight excluding hydrogens is 376 g/mol. The fourth-order valence-electron chi connectivity index (χ4n) is 3.15. The highest BCUT2D eigenvalue weighted by Gasteiger charge is 2.29. The second kappa shape index (κ2) is 7.77. The fraction of sp³-hybridized carbons (Fsp3) is 0.286. The number of aromatic nitrogens is 1. The lowest BCUT2D eigenvalue weighted by atomic mass is 10.2. The molecule has 1 aromatic heterocycles. The maximum Gasteiger partial charge on any atom is 0.233 e. The maximum atomic E-state index is 13.2. The van der Waals surface area contributed by atoms with Crippen LogP contribution in [0.1, 0.15) is 18.4 Å². The van der Waals surface area contributed by atoms with Crippen LogP contribution >= 0.6 is 0 Å². The Kier molecular flexibility index (Phi) is 5.19. The summed E-state index contributed by atoms with van der Waals surface area (Å²) in [5.41, 5.74) is 1.70. The van der Waals surface area contributed by atoms with Crippen LogP contribution in [-0.2, 0) is 14.6 Å². The van der Waals surface area contributed by atoms with E-state index in [0.29, 0.717) is 12.1 Å². The van der Waals surface area contributed by atoms with E-state index in [9.17, 15) is 8.42 Å². The molecule has 1 fully saturated rings. The van der Waals surface area contributed by atoms with E-state index in [2.05, 4.69) is 10.3 Å². The summed E-state index contributed by atoms with van der Waals surface area (Å²) >= 11 is 0. The quantitative estimate of drug-likeness (QED) is 0.674. The van der Waals surface area contributed by atoms with Crippen LogP contribution in [0.2, 0.25) is 0 Å². The van der Waals surface area contributed by atoms with Gasteiger partial charge in [0.2, 0.25) is 26.6 Å². The molecule has 146 valence electrons. The Morgan fingerprint density at radius 2 is 1.86 bits per heavy atom. The van der Waals surface area contributed by atoms with Gasteiger partial charge in [-0.15, -0.1) is 0 Å². The Labute approximate surface area is 164 Å². The number of ether oxygens (including phenoxy) is 1. The van der Waals surface area contributed by atoms with Crippen LogP contribution < -0.4 is 5.32 Å². The lowest BCUT2D eigenvalue weighted by Crippen LogP contribution is -2.19. The molecule has 0 amide bonds. The topological polar surface area (TPSA) is 81.4 Å². The molecule has 3 aromatic rings. The van der Waals surface area contributed by atoms with Gasteiger partial charge in [-0.3, -0.25) is 0 Å². The number of nitrogens with one attached hydrogen (secondary N) is 1. The van der Waals surface area contributed by atoms with E-state index in [1.54, 1.807) is 24.3 Å². The number of hydrogen-bond donors (Lipinski definition) is 1. The van der Waals surface area contributed by atoms with Crippen molar-refractivity contribution in [1.29, 1.82) is 0 Å². The summed E-state index contributed by atoms with van der Waals surface area (Å²) in [5, 5.41) is 3.00. The summed E-state index contributed by atoms with van der Waals surface area (Å²) in [6.07, 6.45) is 1.99. The van der Waals surface area contributed by atoms with E-state index in [1.165, 1.54) is 0 Å². The molecular formula is C21H22N2O4S. The summed E-state index contributed by atoms with van der Waals surface area (Å²) in [4.78, 5) is 4.52.